The number of alkyl halides is 3. The van der Waals surface area contributed by atoms with Crippen LogP contribution in [0.4, 0.5) is 28.9 Å². The van der Waals surface area contributed by atoms with Gasteiger partial charge in [-0.25, -0.2) is 4.39 Å². The van der Waals surface area contributed by atoms with E-state index >= 15 is 0 Å². The predicted molar refractivity (Wildman–Crippen MR) is 77.2 cm³/mol. The number of nitro benzene ring substituents is 1. The summed E-state index contributed by atoms with van der Waals surface area (Å²) in [6.07, 6.45) is -3.22. The van der Waals surface area contributed by atoms with Crippen molar-refractivity contribution in [2.45, 2.75) is 18.0 Å². The molecule has 0 saturated heterocycles. The molecule has 0 bridgehead atoms. The van der Waals surface area contributed by atoms with Gasteiger partial charge in [-0.15, -0.1) is 11.8 Å². The zero-order chi connectivity index (χ0) is 16.9. The predicted octanol–water partition coefficient (Wildman–Crippen LogP) is 4.63. The molecule has 1 rings (SSSR count). The molecular formula is C13H12F4N2O2S. The van der Waals surface area contributed by atoms with Crippen molar-refractivity contribution in [3.63, 3.8) is 0 Å². The minimum Gasteiger partial charge on any atom is -0.393 e. The van der Waals surface area contributed by atoms with Crippen LogP contribution in [0.2, 0.25) is 0 Å². The van der Waals surface area contributed by atoms with Crippen LogP contribution >= 0.6 is 11.8 Å². The number of hydrogen-bond donors (Lipinski definition) is 1. The zero-order valence-electron chi connectivity index (χ0n) is 11.4. The quantitative estimate of drug-likeness (QED) is 0.212. The second-order valence-corrected chi connectivity index (χ2v) is 5.32. The number of nitrogens with zero attached hydrogens (tertiary/aromatic N) is 1. The van der Waals surface area contributed by atoms with Crippen LogP contribution in [0.3, 0.4) is 0 Å². The molecule has 1 aromatic carbocycles. The lowest BCUT2D eigenvalue weighted by atomic mass is 10.2. The van der Waals surface area contributed by atoms with Gasteiger partial charge in [0.05, 0.1) is 4.92 Å². The number of nitrogens with two attached hydrogens (primary N) is 1. The van der Waals surface area contributed by atoms with Gasteiger partial charge in [-0.3, -0.25) is 10.1 Å². The number of anilines is 1. The fourth-order valence-corrected chi connectivity index (χ4v) is 2.28. The maximum atomic E-state index is 12.7. The molecule has 9 heteroatoms. The molecule has 2 N–H and O–H groups in total. The molecule has 0 spiro atoms. The summed E-state index contributed by atoms with van der Waals surface area (Å²) in [5.74, 6) is -1.94. The number of nitro groups is 1. The number of thioether (sulfide) groups is 1. The van der Waals surface area contributed by atoms with Crippen LogP contribution in [0.1, 0.15) is 6.92 Å². The maximum absolute atomic E-state index is 12.7. The highest BCUT2D eigenvalue weighted by Crippen LogP contribution is 2.29. The van der Waals surface area contributed by atoms with Gasteiger partial charge in [0.15, 0.2) is 0 Å². The van der Waals surface area contributed by atoms with E-state index in [4.69, 9.17) is 5.73 Å². The molecule has 22 heavy (non-hydrogen) atoms. The van der Waals surface area contributed by atoms with E-state index in [9.17, 15) is 27.7 Å². The Morgan fingerprint density at radius 3 is 2.64 bits per heavy atom. The van der Waals surface area contributed by atoms with Crippen molar-refractivity contribution in [3.8, 4) is 0 Å². The Balaban J connectivity index is 2.73. The summed E-state index contributed by atoms with van der Waals surface area (Å²) in [6, 6.07) is 4.21. The van der Waals surface area contributed by atoms with E-state index in [0.29, 0.717) is 11.0 Å². The highest BCUT2D eigenvalue weighted by atomic mass is 32.2. The lowest BCUT2D eigenvalue weighted by molar-refractivity contribution is -0.384. The summed E-state index contributed by atoms with van der Waals surface area (Å²) in [7, 11) is 0. The minimum absolute atomic E-state index is 0.0243. The number of nitrogen functional groups attached to an aromatic ring is 1. The summed E-state index contributed by atoms with van der Waals surface area (Å²) >= 11 is 1.15. The van der Waals surface area contributed by atoms with E-state index in [-0.39, 0.29) is 22.7 Å². The van der Waals surface area contributed by atoms with Gasteiger partial charge in [-0.1, -0.05) is 11.6 Å². The van der Waals surface area contributed by atoms with Crippen LogP contribution in [-0.4, -0.2) is 16.9 Å². The number of halogens is 4. The van der Waals surface area contributed by atoms with Crippen molar-refractivity contribution in [1.29, 1.82) is 0 Å². The summed E-state index contributed by atoms with van der Waals surface area (Å²) in [5.41, 5.74) is 5.33. The molecule has 0 aliphatic heterocycles. The molecule has 120 valence electrons. The summed E-state index contributed by atoms with van der Waals surface area (Å²) in [6.45, 7) is 1.33. The Hall–Kier alpha value is -2.03. The molecule has 0 aliphatic rings. The van der Waals surface area contributed by atoms with Crippen molar-refractivity contribution in [3.05, 3.63) is 51.9 Å². The smallest absolute Gasteiger partial charge is 0.393 e. The molecule has 0 aromatic heterocycles. The van der Waals surface area contributed by atoms with Gasteiger partial charge in [-0.05, 0) is 25.1 Å². The molecule has 0 radical (unpaired) electrons. The van der Waals surface area contributed by atoms with Crippen LogP contribution in [0.15, 0.2) is 46.6 Å². The molecule has 0 fully saturated rings. The molecule has 0 saturated carbocycles. The Labute approximate surface area is 127 Å². The van der Waals surface area contributed by atoms with E-state index in [0.717, 1.165) is 11.8 Å². The Bertz CT molecular complexity index is 627. The highest BCUT2D eigenvalue weighted by molar-refractivity contribution is 7.99. The second-order valence-electron chi connectivity index (χ2n) is 4.23. The van der Waals surface area contributed by atoms with Crippen LogP contribution in [0.25, 0.3) is 0 Å². The van der Waals surface area contributed by atoms with Crippen LogP contribution < -0.4 is 5.73 Å². The Morgan fingerprint density at radius 2 is 2.09 bits per heavy atom. The minimum atomic E-state index is -5.00. The molecule has 0 unspecified atom stereocenters. The number of allylic oxidation sites excluding steroid dienone is 3. The topological polar surface area (TPSA) is 69.2 Å². The van der Waals surface area contributed by atoms with Gasteiger partial charge < -0.3 is 5.73 Å². The fourth-order valence-electron chi connectivity index (χ4n) is 1.38. The standard InChI is InChI=1S/C13H12F4N2O2S/c1-8(6-12(14)13(15,16)17)4-5-22-9-2-3-10(18)11(7-9)19(20)21/h2-4,6-7H,5,18H2,1H3. The van der Waals surface area contributed by atoms with Crippen LogP contribution in [0, 0.1) is 10.1 Å². The third kappa shape index (κ3) is 5.40. The molecular weight excluding hydrogens is 324 g/mol. The first-order valence-electron chi connectivity index (χ1n) is 5.89. The maximum Gasteiger partial charge on any atom is 0.442 e. The second kappa shape index (κ2) is 7.30. The first kappa shape index (κ1) is 18.0. The lowest BCUT2D eigenvalue weighted by Crippen LogP contribution is -2.07. The average Bonchev–Trinajstić information content (AvgIpc) is 2.39. The Kier molecular flexibility index (Phi) is 5.98. The number of benzene rings is 1. The zero-order valence-corrected chi connectivity index (χ0v) is 12.2. The van der Waals surface area contributed by atoms with E-state index in [1.165, 1.54) is 25.1 Å². The van der Waals surface area contributed by atoms with Gasteiger partial charge in [0, 0.05) is 16.7 Å². The molecule has 4 nitrogen and oxygen atoms in total. The van der Waals surface area contributed by atoms with E-state index in [2.05, 4.69) is 0 Å². The largest absolute Gasteiger partial charge is 0.442 e. The number of rotatable bonds is 5. The monoisotopic (exact) mass is 336 g/mol. The third-order valence-corrected chi connectivity index (χ3v) is 3.40. The van der Waals surface area contributed by atoms with E-state index in [1.807, 2.05) is 0 Å². The van der Waals surface area contributed by atoms with Crippen molar-refractivity contribution < 1.29 is 22.5 Å². The van der Waals surface area contributed by atoms with Gasteiger partial charge >= 0.3 is 6.18 Å². The van der Waals surface area contributed by atoms with E-state index in [1.54, 1.807) is 6.07 Å². The van der Waals surface area contributed by atoms with Crippen molar-refractivity contribution in [2.24, 2.45) is 0 Å². The molecule has 1 aromatic rings. The normalized spacial score (nSPS) is 13.3. The van der Waals surface area contributed by atoms with Gasteiger partial charge in [0.25, 0.3) is 5.69 Å². The number of hydrogen-bond acceptors (Lipinski definition) is 4. The first-order chi connectivity index (χ1) is 10.1. The van der Waals surface area contributed by atoms with Crippen molar-refractivity contribution in [1.82, 2.24) is 0 Å². The molecule has 0 amide bonds. The van der Waals surface area contributed by atoms with Crippen molar-refractivity contribution in [2.75, 3.05) is 11.5 Å². The van der Waals surface area contributed by atoms with Gasteiger partial charge in [0.2, 0.25) is 5.83 Å². The van der Waals surface area contributed by atoms with Gasteiger partial charge in [0.1, 0.15) is 5.69 Å². The molecule has 0 atom stereocenters. The van der Waals surface area contributed by atoms with Gasteiger partial charge in [-0.2, -0.15) is 13.2 Å². The van der Waals surface area contributed by atoms with E-state index < -0.39 is 16.9 Å². The Morgan fingerprint density at radius 1 is 1.45 bits per heavy atom. The third-order valence-electron chi connectivity index (χ3n) is 2.48. The SMILES string of the molecule is CC(=CCSc1ccc(N)c([N+](=O)[O-])c1)C=C(F)C(F)(F)F. The lowest BCUT2D eigenvalue weighted by Gasteiger charge is -2.03. The highest BCUT2D eigenvalue weighted by Gasteiger charge is 2.34. The molecule has 0 heterocycles. The average molecular weight is 336 g/mol. The van der Waals surface area contributed by atoms with Crippen molar-refractivity contribution >= 4 is 23.1 Å². The van der Waals surface area contributed by atoms with Crippen LogP contribution in [-0.2, 0) is 0 Å². The van der Waals surface area contributed by atoms with Crippen LogP contribution in [0.5, 0.6) is 0 Å². The summed E-state index contributed by atoms with van der Waals surface area (Å²) in [4.78, 5) is 10.6. The summed E-state index contributed by atoms with van der Waals surface area (Å²) in [5, 5.41) is 10.7. The summed E-state index contributed by atoms with van der Waals surface area (Å²) < 4.78 is 48.7. The molecule has 0 aliphatic carbocycles. The first-order valence-corrected chi connectivity index (χ1v) is 6.87. The fraction of sp³-hybridized carbons (Fsp3) is 0.231.